The lowest BCUT2D eigenvalue weighted by Gasteiger charge is -2.21. The lowest BCUT2D eigenvalue weighted by molar-refractivity contribution is -0.140. The van der Waals surface area contributed by atoms with Gasteiger partial charge in [0.2, 0.25) is 10.0 Å². The van der Waals surface area contributed by atoms with Gasteiger partial charge >= 0.3 is 5.97 Å². The summed E-state index contributed by atoms with van der Waals surface area (Å²) in [4.78, 5) is 13.5. The van der Waals surface area contributed by atoms with Crippen LogP contribution >= 0.6 is 0 Å². The molecule has 0 fully saturated rings. The summed E-state index contributed by atoms with van der Waals surface area (Å²) in [5.74, 6) is -1.49. The van der Waals surface area contributed by atoms with E-state index >= 15 is 0 Å². The van der Waals surface area contributed by atoms with Crippen molar-refractivity contribution in [3.8, 4) is 0 Å². The van der Waals surface area contributed by atoms with Crippen molar-refractivity contribution in [3.63, 3.8) is 0 Å². The first kappa shape index (κ1) is 19.2. The van der Waals surface area contributed by atoms with E-state index in [0.29, 0.717) is 11.8 Å². The van der Waals surface area contributed by atoms with Gasteiger partial charge in [0.25, 0.3) is 0 Å². The van der Waals surface area contributed by atoms with Crippen molar-refractivity contribution in [2.24, 2.45) is 5.92 Å². The molecule has 0 unspecified atom stereocenters. The monoisotopic (exact) mass is 364 g/mol. The van der Waals surface area contributed by atoms with Crippen LogP contribution in [0.15, 0.2) is 41.3 Å². The normalized spacial score (nSPS) is 14.2. The Bertz CT molecular complexity index is 878. The molecular formula is C18H24N2O4S. The second-order valence-corrected chi connectivity index (χ2v) is 8.03. The van der Waals surface area contributed by atoms with Gasteiger partial charge in [-0.25, -0.2) is 8.42 Å². The van der Waals surface area contributed by atoms with Gasteiger partial charge in [-0.2, -0.15) is 4.72 Å². The fraction of sp³-hybridized carbons (Fsp3) is 0.389. The summed E-state index contributed by atoms with van der Waals surface area (Å²) < 4.78 is 28.1. The van der Waals surface area contributed by atoms with Gasteiger partial charge < -0.3 is 10.0 Å². The van der Waals surface area contributed by atoms with Gasteiger partial charge in [0.1, 0.15) is 6.04 Å². The molecule has 2 N–H and O–H groups in total. The number of hydrogen-bond acceptors (Lipinski definition) is 4. The standard InChI is InChI=1S/C18H24N2O4S/c1-5-12(2)17(18(21)22)19-25(23,24)16-11-7-8-13-14(16)9-6-10-15(13)20(3)4/h6-12,17,19H,5H2,1-4H3,(H,21,22)/t12-,17-/m0/s1. The van der Waals surface area contributed by atoms with Gasteiger partial charge in [-0.1, -0.05) is 44.5 Å². The molecule has 7 heteroatoms. The third kappa shape index (κ3) is 3.93. The first-order chi connectivity index (χ1) is 11.7. The Hall–Kier alpha value is -2.12. The van der Waals surface area contributed by atoms with E-state index in [1.54, 1.807) is 25.1 Å². The number of carbonyl (C=O) groups is 1. The van der Waals surface area contributed by atoms with E-state index in [-0.39, 0.29) is 10.8 Å². The van der Waals surface area contributed by atoms with Crippen molar-refractivity contribution in [1.29, 1.82) is 0 Å². The van der Waals surface area contributed by atoms with Crippen molar-refractivity contribution in [2.75, 3.05) is 19.0 Å². The number of anilines is 1. The molecule has 2 aromatic rings. The Morgan fingerprint density at radius 3 is 2.32 bits per heavy atom. The van der Waals surface area contributed by atoms with Crippen LogP contribution in [0.25, 0.3) is 10.8 Å². The SMILES string of the molecule is CC[C@H](C)[C@H](NS(=O)(=O)c1cccc2c(N(C)C)cccc12)C(=O)O. The zero-order chi connectivity index (χ0) is 18.8. The van der Waals surface area contributed by atoms with Gasteiger partial charge in [-0.3, -0.25) is 4.79 Å². The third-order valence-electron chi connectivity index (χ3n) is 4.39. The summed E-state index contributed by atoms with van der Waals surface area (Å²) >= 11 is 0. The van der Waals surface area contributed by atoms with Gasteiger partial charge in [-0.15, -0.1) is 0 Å². The van der Waals surface area contributed by atoms with Crippen molar-refractivity contribution in [2.45, 2.75) is 31.2 Å². The number of aliphatic carboxylic acids is 1. The molecule has 0 bridgehead atoms. The predicted molar refractivity (Wildman–Crippen MR) is 99.5 cm³/mol. The van der Waals surface area contributed by atoms with Crippen LogP contribution in [0.5, 0.6) is 0 Å². The predicted octanol–water partition coefficient (Wildman–Crippen LogP) is 2.68. The third-order valence-corrected chi connectivity index (χ3v) is 5.89. The summed E-state index contributed by atoms with van der Waals surface area (Å²) in [6.45, 7) is 3.55. The number of carboxylic acid groups (broad SMARTS) is 1. The minimum absolute atomic E-state index is 0.0863. The highest BCUT2D eigenvalue weighted by Crippen LogP contribution is 2.30. The van der Waals surface area contributed by atoms with E-state index in [4.69, 9.17) is 0 Å². The summed E-state index contributed by atoms with van der Waals surface area (Å²) in [7, 11) is -0.205. The van der Waals surface area contributed by atoms with Crippen LogP contribution in [0, 0.1) is 5.92 Å². The van der Waals surface area contributed by atoms with E-state index in [9.17, 15) is 18.3 Å². The highest BCUT2D eigenvalue weighted by atomic mass is 32.2. The molecule has 0 saturated heterocycles. The van der Waals surface area contributed by atoms with Gasteiger partial charge in [0.05, 0.1) is 4.90 Å². The first-order valence-corrected chi connectivity index (χ1v) is 9.61. The smallest absolute Gasteiger partial charge is 0.322 e. The Labute approximate surface area is 148 Å². The molecule has 0 aliphatic carbocycles. The molecule has 0 amide bonds. The maximum absolute atomic E-state index is 12.9. The quantitative estimate of drug-likeness (QED) is 0.789. The fourth-order valence-electron chi connectivity index (χ4n) is 2.77. The summed E-state index contributed by atoms with van der Waals surface area (Å²) in [6, 6.07) is 9.29. The number of nitrogens with one attached hydrogen (secondary N) is 1. The minimum atomic E-state index is -3.98. The molecule has 0 aliphatic rings. The van der Waals surface area contributed by atoms with Crippen molar-refractivity contribution < 1.29 is 18.3 Å². The molecule has 0 saturated carbocycles. The Kier molecular flexibility index (Phi) is 5.69. The molecule has 136 valence electrons. The maximum atomic E-state index is 12.9. The van der Waals surface area contributed by atoms with Crippen LogP contribution in [-0.4, -0.2) is 39.6 Å². The summed E-state index contributed by atoms with van der Waals surface area (Å²) in [6.07, 6.45) is 0.555. The molecule has 0 radical (unpaired) electrons. The molecule has 25 heavy (non-hydrogen) atoms. The van der Waals surface area contributed by atoms with E-state index < -0.39 is 22.0 Å². The van der Waals surface area contributed by atoms with Crippen LogP contribution in [0.3, 0.4) is 0 Å². The number of benzene rings is 2. The number of sulfonamides is 1. The molecule has 2 atom stereocenters. The average molecular weight is 364 g/mol. The average Bonchev–Trinajstić information content (AvgIpc) is 2.57. The molecular weight excluding hydrogens is 340 g/mol. The Morgan fingerprint density at radius 2 is 1.76 bits per heavy atom. The number of hydrogen-bond donors (Lipinski definition) is 2. The second-order valence-electron chi connectivity index (χ2n) is 6.35. The largest absolute Gasteiger partial charge is 0.480 e. The van der Waals surface area contributed by atoms with Gasteiger partial charge in [-0.05, 0) is 18.1 Å². The zero-order valence-corrected chi connectivity index (χ0v) is 15.7. The summed E-state index contributed by atoms with van der Waals surface area (Å²) in [5.41, 5.74) is 0.895. The summed E-state index contributed by atoms with van der Waals surface area (Å²) in [5, 5.41) is 10.7. The fourth-order valence-corrected chi connectivity index (χ4v) is 4.28. The zero-order valence-electron chi connectivity index (χ0n) is 14.9. The van der Waals surface area contributed by atoms with Crippen LogP contribution < -0.4 is 9.62 Å². The highest BCUT2D eigenvalue weighted by Gasteiger charge is 2.30. The van der Waals surface area contributed by atoms with E-state index in [1.807, 2.05) is 38.1 Å². The van der Waals surface area contributed by atoms with Gasteiger partial charge in [0, 0.05) is 30.6 Å². The van der Waals surface area contributed by atoms with E-state index in [2.05, 4.69) is 4.72 Å². The maximum Gasteiger partial charge on any atom is 0.322 e. The first-order valence-electron chi connectivity index (χ1n) is 8.13. The minimum Gasteiger partial charge on any atom is -0.480 e. The number of nitrogens with zero attached hydrogens (tertiary/aromatic N) is 1. The molecule has 6 nitrogen and oxygen atoms in total. The molecule has 2 rings (SSSR count). The van der Waals surface area contributed by atoms with E-state index in [1.165, 1.54) is 6.07 Å². The number of fused-ring (bicyclic) bond motifs is 1. The van der Waals surface area contributed by atoms with Gasteiger partial charge in [0.15, 0.2) is 0 Å². The van der Waals surface area contributed by atoms with Crippen molar-refractivity contribution in [3.05, 3.63) is 36.4 Å². The lowest BCUT2D eigenvalue weighted by Crippen LogP contribution is -2.44. The van der Waals surface area contributed by atoms with E-state index in [0.717, 1.165) is 11.1 Å². The highest BCUT2D eigenvalue weighted by molar-refractivity contribution is 7.89. The topological polar surface area (TPSA) is 86.7 Å². The molecule has 0 heterocycles. The van der Waals surface area contributed by atoms with Crippen molar-refractivity contribution >= 4 is 32.5 Å². The van der Waals surface area contributed by atoms with Crippen LogP contribution in [0.4, 0.5) is 5.69 Å². The lowest BCUT2D eigenvalue weighted by atomic mass is 10.0. The Balaban J connectivity index is 2.57. The van der Waals surface area contributed by atoms with Crippen LogP contribution in [0.2, 0.25) is 0 Å². The van der Waals surface area contributed by atoms with Crippen molar-refractivity contribution in [1.82, 2.24) is 4.72 Å². The number of carboxylic acids is 1. The van der Waals surface area contributed by atoms with Crippen LogP contribution in [0.1, 0.15) is 20.3 Å². The Morgan fingerprint density at radius 1 is 1.16 bits per heavy atom. The second kappa shape index (κ2) is 7.41. The number of rotatable bonds is 7. The molecule has 2 aromatic carbocycles. The molecule has 0 aliphatic heterocycles. The molecule has 0 aromatic heterocycles. The van der Waals surface area contributed by atoms with Crippen LogP contribution in [-0.2, 0) is 14.8 Å². The molecule has 0 spiro atoms.